The Balaban J connectivity index is 1.83. The number of carbonyl (C=O) groups excluding carboxylic acids is 2. The first-order valence-electron chi connectivity index (χ1n) is 9.50. The molecule has 1 aromatic carbocycles. The van der Waals surface area contributed by atoms with Crippen molar-refractivity contribution < 1.29 is 18.0 Å². The number of carbonyl (C=O) groups is 2. The average molecular weight is 426 g/mol. The molecular weight excluding hydrogens is 398 g/mol. The highest BCUT2D eigenvalue weighted by Crippen LogP contribution is 2.32. The topological polar surface area (TPSA) is 86.8 Å². The third-order valence-electron chi connectivity index (χ3n) is 4.96. The number of hydrogen-bond donors (Lipinski definition) is 1. The zero-order valence-electron chi connectivity index (χ0n) is 16.5. The van der Waals surface area contributed by atoms with Gasteiger partial charge in [0.15, 0.2) is 0 Å². The molecule has 2 amide bonds. The first kappa shape index (κ1) is 21.1. The van der Waals surface area contributed by atoms with Crippen LogP contribution in [0.25, 0.3) is 0 Å². The van der Waals surface area contributed by atoms with Gasteiger partial charge in [-0.05, 0) is 43.0 Å². The smallest absolute Gasteiger partial charge is 0.244 e. The Hall–Kier alpha value is -1.58. The van der Waals surface area contributed by atoms with Gasteiger partial charge >= 0.3 is 0 Å². The lowest BCUT2D eigenvalue weighted by atomic mass is 10.2. The molecule has 0 spiro atoms. The maximum absolute atomic E-state index is 13.3. The molecule has 154 valence electrons. The summed E-state index contributed by atoms with van der Waals surface area (Å²) in [7, 11) is -3.81. The third kappa shape index (κ3) is 4.21. The molecule has 2 saturated heterocycles. The third-order valence-corrected chi connectivity index (χ3v) is 8.15. The van der Waals surface area contributed by atoms with E-state index >= 15 is 0 Å². The molecule has 1 atom stereocenters. The maximum atomic E-state index is 13.3. The van der Waals surface area contributed by atoms with E-state index in [-0.39, 0.29) is 22.6 Å². The largest absolute Gasteiger partial charge is 0.354 e. The Bertz CT molecular complexity index is 870. The lowest BCUT2D eigenvalue weighted by Gasteiger charge is -2.24. The van der Waals surface area contributed by atoms with Crippen molar-refractivity contribution in [3.8, 4) is 0 Å². The molecule has 3 rings (SSSR count). The second-order valence-corrected chi connectivity index (χ2v) is 10.5. The van der Waals surface area contributed by atoms with Crippen molar-refractivity contribution in [1.29, 1.82) is 0 Å². The van der Waals surface area contributed by atoms with Crippen LogP contribution in [0.3, 0.4) is 0 Å². The molecular formula is C19H27N3O4S2. The molecule has 0 aliphatic carbocycles. The molecule has 1 unspecified atom stereocenters. The van der Waals surface area contributed by atoms with Crippen LogP contribution in [0, 0.1) is 12.8 Å². The van der Waals surface area contributed by atoms with Gasteiger partial charge in [-0.1, -0.05) is 13.8 Å². The van der Waals surface area contributed by atoms with Gasteiger partial charge in [-0.3, -0.25) is 9.59 Å². The van der Waals surface area contributed by atoms with Crippen LogP contribution in [0.5, 0.6) is 0 Å². The molecule has 0 saturated carbocycles. The van der Waals surface area contributed by atoms with E-state index in [0.717, 1.165) is 12.1 Å². The maximum Gasteiger partial charge on any atom is 0.244 e. The van der Waals surface area contributed by atoms with Crippen molar-refractivity contribution in [2.75, 3.05) is 29.6 Å². The lowest BCUT2D eigenvalue weighted by Crippen LogP contribution is -2.47. The average Bonchev–Trinajstić information content (AvgIpc) is 3.28. The number of anilines is 1. The van der Waals surface area contributed by atoms with E-state index in [9.17, 15) is 18.0 Å². The van der Waals surface area contributed by atoms with Gasteiger partial charge in [0.1, 0.15) is 6.04 Å². The van der Waals surface area contributed by atoms with E-state index in [1.165, 1.54) is 16.1 Å². The molecule has 1 N–H and O–H groups in total. The number of nitrogens with one attached hydrogen (secondary N) is 1. The van der Waals surface area contributed by atoms with Crippen molar-refractivity contribution >= 4 is 39.3 Å². The van der Waals surface area contributed by atoms with Gasteiger partial charge in [-0.25, -0.2) is 8.42 Å². The highest BCUT2D eigenvalue weighted by atomic mass is 32.2. The van der Waals surface area contributed by atoms with Crippen LogP contribution in [0.4, 0.5) is 5.69 Å². The summed E-state index contributed by atoms with van der Waals surface area (Å²) >= 11 is 1.44. The Morgan fingerprint density at radius 3 is 2.71 bits per heavy atom. The van der Waals surface area contributed by atoms with Crippen molar-refractivity contribution in [3.05, 3.63) is 23.8 Å². The second-order valence-electron chi connectivity index (χ2n) is 7.65. The van der Waals surface area contributed by atoms with Crippen molar-refractivity contribution in [1.82, 2.24) is 9.62 Å². The first-order valence-corrected chi connectivity index (χ1v) is 12.1. The summed E-state index contributed by atoms with van der Waals surface area (Å²) in [4.78, 5) is 26.3. The van der Waals surface area contributed by atoms with Crippen LogP contribution < -0.4 is 10.2 Å². The number of hydrogen-bond acceptors (Lipinski definition) is 5. The zero-order chi connectivity index (χ0) is 20.5. The molecule has 0 aromatic heterocycles. The molecule has 2 fully saturated rings. The molecule has 2 aliphatic rings. The molecule has 0 radical (unpaired) electrons. The Kier molecular flexibility index (Phi) is 6.36. The fraction of sp³-hybridized carbons (Fsp3) is 0.579. The number of thioether (sulfide) groups is 1. The second kappa shape index (κ2) is 8.42. The minimum atomic E-state index is -3.81. The fourth-order valence-corrected chi connectivity index (χ4v) is 6.79. The van der Waals surface area contributed by atoms with Gasteiger partial charge in [-0.15, -0.1) is 11.8 Å². The minimum Gasteiger partial charge on any atom is -0.354 e. The number of aryl methyl sites for hydroxylation is 1. The number of rotatable bonds is 6. The van der Waals surface area contributed by atoms with E-state index in [1.54, 1.807) is 30.0 Å². The van der Waals surface area contributed by atoms with E-state index in [1.807, 2.05) is 13.8 Å². The van der Waals surface area contributed by atoms with Crippen molar-refractivity contribution in [3.63, 3.8) is 0 Å². The fourth-order valence-electron chi connectivity index (χ4n) is 3.43. The molecule has 7 nitrogen and oxygen atoms in total. The number of benzene rings is 1. The van der Waals surface area contributed by atoms with Crippen LogP contribution in [-0.2, 0) is 19.6 Å². The number of sulfonamides is 1. The minimum absolute atomic E-state index is 0.0628. The summed E-state index contributed by atoms with van der Waals surface area (Å²) in [5, 5.41) is 2.84. The number of nitrogens with zero attached hydrogens (tertiary/aromatic N) is 2. The summed E-state index contributed by atoms with van der Waals surface area (Å²) in [6.07, 6.45) is 1.34. The summed E-state index contributed by atoms with van der Waals surface area (Å²) < 4.78 is 27.8. The van der Waals surface area contributed by atoms with Crippen LogP contribution in [-0.4, -0.2) is 55.3 Å². The van der Waals surface area contributed by atoms with Gasteiger partial charge in [-0.2, -0.15) is 4.31 Å². The van der Waals surface area contributed by atoms with Crippen LogP contribution in [0.15, 0.2) is 23.1 Å². The van der Waals surface area contributed by atoms with Gasteiger partial charge in [0.25, 0.3) is 0 Å². The molecule has 9 heteroatoms. The van der Waals surface area contributed by atoms with Gasteiger partial charge < -0.3 is 10.2 Å². The molecule has 2 aliphatic heterocycles. The van der Waals surface area contributed by atoms with Crippen molar-refractivity contribution in [2.45, 2.75) is 44.6 Å². The van der Waals surface area contributed by atoms with Gasteiger partial charge in [0.2, 0.25) is 21.8 Å². The predicted molar refractivity (Wildman–Crippen MR) is 111 cm³/mol. The SMILES string of the molecule is Cc1cc(N2CCCC2=O)ccc1S(=O)(=O)N1CSCC1C(=O)NCC(C)C. The Morgan fingerprint density at radius 2 is 2.11 bits per heavy atom. The standard InChI is InChI=1S/C19H27N3O4S2/c1-13(2)10-20-19(24)16-11-27-12-22(16)28(25,26)17-7-6-15(9-14(17)3)21-8-4-5-18(21)23/h6-7,9,13,16H,4-5,8,10-12H2,1-3H3,(H,20,24). The highest BCUT2D eigenvalue weighted by molar-refractivity contribution is 8.00. The number of amides is 2. The summed E-state index contributed by atoms with van der Waals surface area (Å²) in [5.41, 5.74) is 1.30. The lowest BCUT2D eigenvalue weighted by molar-refractivity contribution is -0.124. The summed E-state index contributed by atoms with van der Waals surface area (Å²) in [6, 6.07) is 4.28. The van der Waals surface area contributed by atoms with Gasteiger partial charge in [0.05, 0.1) is 10.8 Å². The predicted octanol–water partition coefficient (Wildman–Crippen LogP) is 1.96. The quantitative estimate of drug-likeness (QED) is 0.753. The normalized spacial score (nSPS) is 20.9. The van der Waals surface area contributed by atoms with Gasteiger partial charge in [0, 0.05) is 31.0 Å². The molecule has 0 bridgehead atoms. The van der Waals surface area contributed by atoms with Crippen molar-refractivity contribution in [2.24, 2.45) is 5.92 Å². The van der Waals surface area contributed by atoms with E-state index in [0.29, 0.717) is 36.7 Å². The van der Waals surface area contributed by atoms with E-state index < -0.39 is 16.1 Å². The highest BCUT2D eigenvalue weighted by Gasteiger charge is 2.40. The van der Waals surface area contributed by atoms with Crippen LogP contribution >= 0.6 is 11.8 Å². The Morgan fingerprint density at radius 1 is 1.36 bits per heavy atom. The van der Waals surface area contributed by atoms with Crippen LogP contribution in [0.2, 0.25) is 0 Å². The van der Waals surface area contributed by atoms with Crippen LogP contribution in [0.1, 0.15) is 32.3 Å². The Labute approximate surface area is 170 Å². The zero-order valence-corrected chi connectivity index (χ0v) is 18.1. The molecule has 2 heterocycles. The summed E-state index contributed by atoms with van der Waals surface area (Å²) in [5.74, 6) is 0.814. The first-order chi connectivity index (χ1) is 13.2. The molecule has 28 heavy (non-hydrogen) atoms. The summed E-state index contributed by atoms with van der Waals surface area (Å²) in [6.45, 7) is 6.90. The van der Waals surface area contributed by atoms with E-state index in [4.69, 9.17) is 0 Å². The van der Waals surface area contributed by atoms with E-state index in [2.05, 4.69) is 5.32 Å². The monoisotopic (exact) mass is 425 g/mol. The molecule has 1 aromatic rings.